The standard InChI is InChI=1S/C23H23N3O3/c1-15-12-17-7-4-5-9-19(17)26(15)20(27)14-25-21(28)23(24-22(25)29)11-10-16-6-2-3-8-18(16)13-23/h2-9,15H,10-14H2,1H3,(H,24,29)/t15-,23-/m0/s1. The molecule has 1 saturated heterocycles. The second-order valence-corrected chi connectivity index (χ2v) is 8.29. The predicted molar refractivity (Wildman–Crippen MR) is 109 cm³/mol. The highest BCUT2D eigenvalue weighted by Gasteiger charge is 2.53. The summed E-state index contributed by atoms with van der Waals surface area (Å²) in [5, 5.41) is 2.90. The maximum Gasteiger partial charge on any atom is 0.325 e. The van der Waals surface area contributed by atoms with Crippen molar-refractivity contribution < 1.29 is 14.4 Å². The first-order chi connectivity index (χ1) is 14.0. The maximum absolute atomic E-state index is 13.3. The molecule has 0 bridgehead atoms. The average molecular weight is 389 g/mol. The van der Waals surface area contributed by atoms with Gasteiger partial charge in [-0.15, -0.1) is 0 Å². The first-order valence-electron chi connectivity index (χ1n) is 10.1. The third-order valence-electron chi connectivity index (χ3n) is 6.45. The molecule has 148 valence electrons. The molecule has 1 aliphatic carbocycles. The Morgan fingerprint density at radius 1 is 1.07 bits per heavy atom. The Kier molecular flexibility index (Phi) is 3.98. The normalized spacial score (nSPS) is 25.2. The van der Waals surface area contributed by atoms with Crippen molar-refractivity contribution in [3.05, 3.63) is 65.2 Å². The molecular weight excluding hydrogens is 366 g/mol. The quantitative estimate of drug-likeness (QED) is 0.802. The molecule has 6 nitrogen and oxygen atoms in total. The van der Waals surface area contributed by atoms with Gasteiger partial charge in [-0.2, -0.15) is 0 Å². The van der Waals surface area contributed by atoms with E-state index in [1.165, 1.54) is 5.56 Å². The number of carbonyl (C=O) groups excluding carboxylic acids is 3. The number of rotatable bonds is 2. The van der Waals surface area contributed by atoms with Crippen LogP contribution in [0.2, 0.25) is 0 Å². The molecule has 3 aliphatic rings. The predicted octanol–water partition coefficient (Wildman–Crippen LogP) is 2.44. The van der Waals surface area contributed by atoms with E-state index in [0.29, 0.717) is 12.8 Å². The van der Waals surface area contributed by atoms with Crippen molar-refractivity contribution in [2.75, 3.05) is 11.4 Å². The number of hydrogen-bond donors (Lipinski definition) is 1. The summed E-state index contributed by atoms with van der Waals surface area (Å²) < 4.78 is 0. The average Bonchev–Trinajstić information content (AvgIpc) is 3.16. The zero-order chi connectivity index (χ0) is 20.2. The minimum Gasteiger partial charge on any atom is -0.323 e. The van der Waals surface area contributed by atoms with Gasteiger partial charge in [0.2, 0.25) is 5.91 Å². The molecule has 1 fully saturated rings. The van der Waals surface area contributed by atoms with Crippen LogP contribution in [0.3, 0.4) is 0 Å². The molecule has 2 aromatic carbocycles. The maximum atomic E-state index is 13.3. The summed E-state index contributed by atoms with van der Waals surface area (Å²) in [7, 11) is 0. The summed E-state index contributed by atoms with van der Waals surface area (Å²) >= 11 is 0. The van der Waals surface area contributed by atoms with Crippen LogP contribution >= 0.6 is 0 Å². The summed E-state index contributed by atoms with van der Waals surface area (Å²) in [5.74, 6) is -0.510. The highest BCUT2D eigenvalue weighted by atomic mass is 16.2. The van der Waals surface area contributed by atoms with E-state index in [1.807, 2.05) is 49.4 Å². The fourth-order valence-corrected chi connectivity index (χ4v) is 5.00. The molecule has 29 heavy (non-hydrogen) atoms. The van der Waals surface area contributed by atoms with Crippen LogP contribution in [0.15, 0.2) is 48.5 Å². The smallest absolute Gasteiger partial charge is 0.323 e. The summed E-state index contributed by atoms with van der Waals surface area (Å²) in [6, 6.07) is 15.4. The van der Waals surface area contributed by atoms with Crippen LogP contribution in [-0.4, -0.2) is 40.9 Å². The van der Waals surface area contributed by atoms with Crippen molar-refractivity contribution in [1.82, 2.24) is 10.2 Å². The number of aryl methyl sites for hydroxylation is 1. The highest BCUT2D eigenvalue weighted by Crippen LogP contribution is 2.35. The van der Waals surface area contributed by atoms with Crippen molar-refractivity contribution in [1.29, 1.82) is 0 Å². The van der Waals surface area contributed by atoms with Gasteiger partial charge in [-0.05, 0) is 48.9 Å². The first-order valence-corrected chi connectivity index (χ1v) is 10.1. The molecule has 4 amide bonds. The van der Waals surface area contributed by atoms with E-state index in [9.17, 15) is 14.4 Å². The molecule has 2 atom stereocenters. The van der Waals surface area contributed by atoms with Gasteiger partial charge in [0.1, 0.15) is 12.1 Å². The molecule has 6 heteroatoms. The van der Waals surface area contributed by atoms with E-state index in [1.54, 1.807) is 4.90 Å². The van der Waals surface area contributed by atoms with E-state index in [-0.39, 0.29) is 24.4 Å². The molecule has 0 saturated carbocycles. The Bertz CT molecular complexity index is 1030. The molecule has 0 aromatic heterocycles. The molecule has 1 N–H and O–H groups in total. The van der Waals surface area contributed by atoms with Crippen molar-refractivity contribution in [3.63, 3.8) is 0 Å². The molecule has 5 rings (SSSR count). The summed E-state index contributed by atoms with van der Waals surface area (Å²) in [6.45, 7) is 1.76. The van der Waals surface area contributed by atoms with Crippen molar-refractivity contribution in [2.45, 2.75) is 44.2 Å². The lowest BCUT2D eigenvalue weighted by Gasteiger charge is -2.32. The number of urea groups is 1. The van der Waals surface area contributed by atoms with E-state index in [2.05, 4.69) is 11.4 Å². The van der Waals surface area contributed by atoms with Crippen LogP contribution in [0.5, 0.6) is 0 Å². The van der Waals surface area contributed by atoms with Gasteiger partial charge in [0.25, 0.3) is 5.91 Å². The van der Waals surface area contributed by atoms with E-state index >= 15 is 0 Å². The van der Waals surface area contributed by atoms with E-state index in [0.717, 1.165) is 34.6 Å². The zero-order valence-corrected chi connectivity index (χ0v) is 16.4. The Balaban J connectivity index is 1.37. The largest absolute Gasteiger partial charge is 0.325 e. The fraction of sp³-hybridized carbons (Fsp3) is 0.348. The number of imide groups is 1. The fourth-order valence-electron chi connectivity index (χ4n) is 5.00. The molecule has 2 heterocycles. The number of amides is 4. The Labute approximate surface area is 169 Å². The summed E-state index contributed by atoms with van der Waals surface area (Å²) in [6.07, 6.45) is 2.55. The molecule has 0 unspecified atom stereocenters. The van der Waals surface area contributed by atoms with Crippen LogP contribution in [0.1, 0.15) is 30.0 Å². The Morgan fingerprint density at radius 2 is 1.76 bits per heavy atom. The minimum absolute atomic E-state index is 0.0104. The first kappa shape index (κ1) is 17.9. The van der Waals surface area contributed by atoms with E-state index < -0.39 is 11.6 Å². The van der Waals surface area contributed by atoms with Gasteiger partial charge in [0.05, 0.1) is 0 Å². The Morgan fingerprint density at radius 3 is 2.55 bits per heavy atom. The second kappa shape index (κ2) is 6.44. The number of nitrogens with zero attached hydrogens (tertiary/aromatic N) is 2. The number of fused-ring (bicyclic) bond motifs is 2. The third-order valence-corrected chi connectivity index (χ3v) is 6.45. The van der Waals surface area contributed by atoms with Crippen LogP contribution in [-0.2, 0) is 28.9 Å². The van der Waals surface area contributed by atoms with Crippen LogP contribution in [0.25, 0.3) is 0 Å². The minimum atomic E-state index is -0.930. The zero-order valence-electron chi connectivity index (χ0n) is 16.4. The lowest BCUT2D eigenvalue weighted by Crippen LogP contribution is -2.52. The SMILES string of the molecule is C[C@H]1Cc2ccccc2N1C(=O)CN1C(=O)N[C@]2(CCc3ccccc3C2)C1=O. The van der Waals surface area contributed by atoms with Gasteiger partial charge >= 0.3 is 6.03 Å². The van der Waals surface area contributed by atoms with Gasteiger partial charge in [0.15, 0.2) is 0 Å². The highest BCUT2D eigenvalue weighted by molar-refractivity contribution is 6.11. The van der Waals surface area contributed by atoms with Crippen LogP contribution in [0.4, 0.5) is 10.5 Å². The van der Waals surface area contributed by atoms with Crippen molar-refractivity contribution in [3.8, 4) is 0 Å². The van der Waals surface area contributed by atoms with Gasteiger partial charge in [-0.25, -0.2) is 4.79 Å². The molecule has 0 radical (unpaired) electrons. The molecular formula is C23H23N3O3. The number of carbonyl (C=O) groups is 3. The topological polar surface area (TPSA) is 69.7 Å². The van der Waals surface area contributed by atoms with Gasteiger partial charge in [-0.3, -0.25) is 14.5 Å². The van der Waals surface area contributed by atoms with Crippen LogP contribution in [0, 0.1) is 0 Å². The number of nitrogens with one attached hydrogen (secondary N) is 1. The summed E-state index contributed by atoms with van der Waals surface area (Å²) in [4.78, 5) is 41.8. The lowest BCUT2D eigenvalue weighted by atomic mass is 9.78. The number of anilines is 1. The van der Waals surface area contributed by atoms with E-state index in [4.69, 9.17) is 0 Å². The molecule has 2 aromatic rings. The van der Waals surface area contributed by atoms with Gasteiger partial charge in [0, 0.05) is 18.2 Å². The van der Waals surface area contributed by atoms with Crippen LogP contribution < -0.4 is 10.2 Å². The number of hydrogen-bond acceptors (Lipinski definition) is 3. The van der Waals surface area contributed by atoms with Crippen molar-refractivity contribution in [2.24, 2.45) is 0 Å². The Hall–Kier alpha value is -3.15. The van der Waals surface area contributed by atoms with Gasteiger partial charge < -0.3 is 10.2 Å². The molecule has 2 aliphatic heterocycles. The summed E-state index contributed by atoms with van der Waals surface area (Å²) in [5.41, 5.74) is 3.37. The number of para-hydroxylation sites is 1. The second-order valence-electron chi connectivity index (χ2n) is 8.29. The lowest BCUT2D eigenvalue weighted by molar-refractivity contribution is -0.134. The van der Waals surface area contributed by atoms with Gasteiger partial charge in [-0.1, -0.05) is 42.5 Å². The number of benzene rings is 2. The monoisotopic (exact) mass is 389 g/mol. The third kappa shape index (κ3) is 2.74. The molecule has 1 spiro atoms. The van der Waals surface area contributed by atoms with Crippen molar-refractivity contribution >= 4 is 23.5 Å².